The molecule has 0 aliphatic carbocycles. The summed E-state index contributed by atoms with van der Waals surface area (Å²) in [6.07, 6.45) is 0. The molecule has 0 bridgehead atoms. The highest BCUT2D eigenvalue weighted by Crippen LogP contribution is 2.33. The van der Waals surface area contributed by atoms with Crippen molar-refractivity contribution in [2.24, 2.45) is 0 Å². The van der Waals surface area contributed by atoms with Crippen LogP contribution in [0, 0.1) is 6.92 Å². The van der Waals surface area contributed by atoms with Gasteiger partial charge >= 0.3 is 6.03 Å². The highest BCUT2D eigenvalue weighted by Gasteiger charge is 2.21. The van der Waals surface area contributed by atoms with E-state index >= 15 is 0 Å². The average molecular weight is 362 g/mol. The lowest BCUT2D eigenvalue weighted by Gasteiger charge is -2.27. The van der Waals surface area contributed by atoms with Gasteiger partial charge in [0, 0.05) is 11.9 Å². The Balaban J connectivity index is 2.13. The summed E-state index contributed by atoms with van der Waals surface area (Å²) in [4.78, 5) is 15.5. The molecule has 0 aliphatic rings. The van der Waals surface area contributed by atoms with Crippen LogP contribution < -0.4 is 14.8 Å². The minimum Gasteiger partial charge on any atom is -0.493 e. The summed E-state index contributed by atoms with van der Waals surface area (Å²) in [6.45, 7) is 5.99. The van der Waals surface area contributed by atoms with E-state index in [0.717, 1.165) is 16.0 Å². The van der Waals surface area contributed by atoms with E-state index in [9.17, 15) is 4.79 Å². The van der Waals surface area contributed by atoms with E-state index in [1.54, 1.807) is 30.5 Å². The lowest BCUT2D eigenvalue weighted by atomic mass is 10.0. The number of rotatable bonds is 6. The molecule has 0 aliphatic heterocycles. The number of methoxy groups -OCH3 is 2. The predicted molar refractivity (Wildman–Crippen MR) is 102 cm³/mol. The van der Waals surface area contributed by atoms with Crippen LogP contribution in [0.4, 0.5) is 4.79 Å². The smallest absolute Gasteiger partial charge is 0.318 e. The second-order valence-electron chi connectivity index (χ2n) is 6.04. The maximum absolute atomic E-state index is 12.6. The number of ether oxygens (including phenoxy) is 2. The van der Waals surface area contributed by atoms with Crippen molar-refractivity contribution in [1.29, 1.82) is 0 Å². The molecule has 2 amide bonds. The Labute approximate surface area is 153 Å². The van der Waals surface area contributed by atoms with Gasteiger partial charge in [-0.05, 0) is 55.5 Å². The number of hydrogen-bond donors (Lipinski definition) is 1. The first-order chi connectivity index (χ1) is 11.9. The van der Waals surface area contributed by atoms with E-state index in [1.807, 2.05) is 57.5 Å². The van der Waals surface area contributed by atoms with Gasteiger partial charge in [-0.3, -0.25) is 0 Å². The fraction of sp³-hybridized carbons (Fsp3) is 0.421. The molecule has 2 atom stereocenters. The molecule has 0 saturated heterocycles. The van der Waals surface area contributed by atoms with Crippen LogP contribution in [-0.2, 0) is 0 Å². The molecule has 1 aromatic carbocycles. The number of thiophene rings is 1. The quantitative estimate of drug-likeness (QED) is 0.821. The van der Waals surface area contributed by atoms with Crippen LogP contribution >= 0.6 is 11.3 Å². The average Bonchev–Trinajstić information content (AvgIpc) is 3.14. The molecular formula is C19H26N2O3S. The first-order valence-electron chi connectivity index (χ1n) is 8.18. The van der Waals surface area contributed by atoms with Crippen LogP contribution in [0.3, 0.4) is 0 Å². The Morgan fingerprint density at radius 1 is 1.20 bits per heavy atom. The van der Waals surface area contributed by atoms with Crippen molar-refractivity contribution in [2.45, 2.75) is 32.9 Å². The zero-order valence-electron chi connectivity index (χ0n) is 15.6. The molecular weight excluding hydrogens is 336 g/mol. The molecule has 5 nitrogen and oxygen atoms in total. The fourth-order valence-electron chi connectivity index (χ4n) is 2.72. The first-order valence-corrected chi connectivity index (χ1v) is 9.06. The van der Waals surface area contributed by atoms with Crippen molar-refractivity contribution in [3.8, 4) is 11.5 Å². The normalized spacial score (nSPS) is 13.0. The Hall–Kier alpha value is -2.21. The minimum absolute atomic E-state index is 0.0266. The molecule has 1 heterocycles. The number of hydrogen-bond acceptors (Lipinski definition) is 4. The van der Waals surface area contributed by atoms with E-state index in [-0.39, 0.29) is 18.1 Å². The molecule has 0 spiro atoms. The largest absolute Gasteiger partial charge is 0.493 e. The van der Waals surface area contributed by atoms with Crippen molar-refractivity contribution in [1.82, 2.24) is 10.2 Å². The number of amides is 2. The number of benzene rings is 1. The molecule has 0 fully saturated rings. The third kappa shape index (κ3) is 4.25. The molecule has 2 unspecified atom stereocenters. The van der Waals surface area contributed by atoms with Crippen LogP contribution in [0.1, 0.15) is 41.9 Å². The summed E-state index contributed by atoms with van der Waals surface area (Å²) in [5, 5.41) is 5.08. The van der Waals surface area contributed by atoms with Gasteiger partial charge in [-0.15, -0.1) is 11.3 Å². The summed E-state index contributed by atoms with van der Waals surface area (Å²) >= 11 is 1.65. The zero-order valence-corrected chi connectivity index (χ0v) is 16.4. The highest BCUT2D eigenvalue weighted by molar-refractivity contribution is 7.10. The number of carbonyl (C=O) groups excluding carboxylic acids is 1. The van der Waals surface area contributed by atoms with Gasteiger partial charge in [0.1, 0.15) is 0 Å². The summed E-state index contributed by atoms with van der Waals surface area (Å²) < 4.78 is 10.7. The maximum Gasteiger partial charge on any atom is 0.318 e. The fourth-order valence-corrected chi connectivity index (χ4v) is 3.55. The molecule has 136 valence electrons. The Bertz CT molecular complexity index is 716. The van der Waals surface area contributed by atoms with Gasteiger partial charge in [-0.25, -0.2) is 4.79 Å². The van der Waals surface area contributed by atoms with Gasteiger partial charge in [0.05, 0.1) is 26.3 Å². The van der Waals surface area contributed by atoms with Gasteiger partial charge in [0.2, 0.25) is 0 Å². The Morgan fingerprint density at radius 2 is 1.84 bits per heavy atom. The number of aryl methyl sites for hydroxylation is 1. The monoisotopic (exact) mass is 362 g/mol. The van der Waals surface area contributed by atoms with Crippen molar-refractivity contribution < 1.29 is 14.3 Å². The standard InChI is InChI=1S/C19H26N2O3S/c1-12-10-16(23-5)17(24-6)11-15(12)13(2)20-19(22)21(4)14(3)18-8-7-9-25-18/h7-11,13-14H,1-6H3,(H,20,22). The summed E-state index contributed by atoms with van der Waals surface area (Å²) in [7, 11) is 5.04. The number of nitrogens with zero attached hydrogens (tertiary/aromatic N) is 1. The predicted octanol–water partition coefficient (Wildman–Crippen LogP) is 4.54. The van der Waals surface area contributed by atoms with Gasteiger partial charge in [-0.1, -0.05) is 6.07 Å². The van der Waals surface area contributed by atoms with Crippen LogP contribution in [0.5, 0.6) is 11.5 Å². The zero-order chi connectivity index (χ0) is 18.6. The highest BCUT2D eigenvalue weighted by atomic mass is 32.1. The van der Waals surface area contributed by atoms with Crippen molar-refractivity contribution in [3.63, 3.8) is 0 Å². The second kappa shape index (κ2) is 8.25. The Morgan fingerprint density at radius 3 is 2.40 bits per heavy atom. The summed E-state index contributed by atoms with van der Waals surface area (Å²) in [5.41, 5.74) is 2.04. The third-order valence-electron chi connectivity index (χ3n) is 4.43. The van der Waals surface area contributed by atoms with E-state index < -0.39 is 0 Å². The number of nitrogens with one attached hydrogen (secondary N) is 1. The molecule has 0 radical (unpaired) electrons. The van der Waals surface area contributed by atoms with E-state index in [2.05, 4.69) is 5.32 Å². The third-order valence-corrected chi connectivity index (χ3v) is 5.48. The summed E-state index contributed by atoms with van der Waals surface area (Å²) in [6, 6.07) is 7.65. The van der Waals surface area contributed by atoms with Gasteiger partial charge in [-0.2, -0.15) is 0 Å². The lowest BCUT2D eigenvalue weighted by Crippen LogP contribution is -2.39. The molecule has 1 aromatic heterocycles. The van der Waals surface area contributed by atoms with Crippen LogP contribution in [0.2, 0.25) is 0 Å². The first kappa shape index (κ1) is 19.1. The maximum atomic E-state index is 12.6. The van der Waals surface area contributed by atoms with E-state index in [0.29, 0.717) is 11.5 Å². The summed E-state index contributed by atoms with van der Waals surface area (Å²) in [5.74, 6) is 1.34. The van der Waals surface area contributed by atoms with Crippen LogP contribution in [-0.4, -0.2) is 32.2 Å². The Kier molecular flexibility index (Phi) is 6.31. The van der Waals surface area contributed by atoms with Gasteiger partial charge in [0.25, 0.3) is 0 Å². The lowest BCUT2D eigenvalue weighted by molar-refractivity contribution is 0.192. The van der Waals surface area contributed by atoms with Gasteiger partial charge in [0.15, 0.2) is 11.5 Å². The molecule has 6 heteroatoms. The van der Waals surface area contributed by atoms with E-state index in [4.69, 9.17) is 9.47 Å². The molecule has 0 saturated carbocycles. The number of carbonyl (C=O) groups is 1. The topological polar surface area (TPSA) is 50.8 Å². The van der Waals surface area contributed by atoms with Crippen molar-refractivity contribution >= 4 is 17.4 Å². The molecule has 2 rings (SSSR count). The van der Waals surface area contributed by atoms with E-state index in [1.165, 1.54) is 0 Å². The number of urea groups is 1. The molecule has 2 aromatic rings. The second-order valence-corrected chi connectivity index (χ2v) is 7.02. The minimum atomic E-state index is -0.148. The molecule has 1 N–H and O–H groups in total. The van der Waals surface area contributed by atoms with Crippen LogP contribution in [0.25, 0.3) is 0 Å². The molecule has 25 heavy (non-hydrogen) atoms. The van der Waals surface area contributed by atoms with Gasteiger partial charge < -0.3 is 19.7 Å². The van der Waals surface area contributed by atoms with Crippen LogP contribution in [0.15, 0.2) is 29.6 Å². The van der Waals surface area contributed by atoms with Crippen molar-refractivity contribution in [3.05, 3.63) is 45.6 Å². The SMILES string of the molecule is COc1cc(C)c(C(C)NC(=O)N(C)C(C)c2cccs2)cc1OC. The van der Waals surface area contributed by atoms with Crippen molar-refractivity contribution in [2.75, 3.05) is 21.3 Å².